The zero-order valence-corrected chi connectivity index (χ0v) is 10.6. The Balaban J connectivity index is 2.51. The van der Waals surface area contributed by atoms with Gasteiger partial charge in [0.05, 0.1) is 12.1 Å². The van der Waals surface area contributed by atoms with Crippen molar-refractivity contribution >= 4 is 0 Å². The molecule has 1 heterocycles. The fraction of sp³-hybridized carbons (Fsp3) is 1.00. The summed E-state index contributed by atoms with van der Waals surface area (Å²) in [6, 6.07) is 1.09. The van der Waals surface area contributed by atoms with Crippen molar-refractivity contribution in [2.24, 2.45) is 0 Å². The second-order valence-electron chi connectivity index (χ2n) is 5.48. The van der Waals surface area contributed by atoms with E-state index in [-0.39, 0.29) is 12.1 Å². The number of aliphatic hydroxyl groups is 1. The van der Waals surface area contributed by atoms with E-state index in [4.69, 9.17) is 0 Å². The van der Waals surface area contributed by atoms with Crippen LogP contribution in [0.4, 0.5) is 0 Å². The smallest absolute Gasteiger partial charge is 0.0623 e. The third kappa shape index (κ3) is 3.74. The molecule has 90 valence electrons. The average Bonchev–Trinajstić information content (AvgIpc) is 2.50. The fourth-order valence-electron chi connectivity index (χ4n) is 2.51. The van der Waals surface area contributed by atoms with Crippen LogP contribution in [-0.4, -0.2) is 47.3 Å². The van der Waals surface area contributed by atoms with Crippen molar-refractivity contribution in [1.29, 1.82) is 0 Å². The molecule has 0 aliphatic carbocycles. The summed E-state index contributed by atoms with van der Waals surface area (Å²) in [5.74, 6) is 0. The zero-order valence-electron chi connectivity index (χ0n) is 10.6. The van der Waals surface area contributed by atoms with E-state index >= 15 is 0 Å². The van der Waals surface area contributed by atoms with Gasteiger partial charge in [-0.3, -0.25) is 4.90 Å². The van der Waals surface area contributed by atoms with Crippen molar-refractivity contribution < 1.29 is 5.11 Å². The number of aliphatic hydroxyl groups excluding tert-OH is 1. The second kappa shape index (κ2) is 5.28. The maximum atomic E-state index is 9.49. The molecule has 0 spiro atoms. The maximum Gasteiger partial charge on any atom is 0.0623 e. The Kier molecular flexibility index (Phi) is 4.56. The highest BCUT2D eigenvalue weighted by Crippen LogP contribution is 2.19. The van der Waals surface area contributed by atoms with Gasteiger partial charge >= 0.3 is 0 Å². The van der Waals surface area contributed by atoms with Crippen LogP contribution in [0.3, 0.4) is 0 Å². The maximum absolute atomic E-state index is 9.49. The molecule has 2 unspecified atom stereocenters. The largest absolute Gasteiger partial charge is 0.394 e. The van der Waals surface area contributed by atoms with Gasteiger partial charge < -0.3 is 10.4 Å². The number of nitrogens with one attached hydrogen (secondary N) is 1. The molecule has 0 radical (unpaired) electrons. The van der Waals surface area contributed by atoms with Gasteiger partial charge in [0.2, 0.25) is 0 Å². The molecule has 0 aromatic heterocycles. The van der Waals surface area contributed by atoms with Gasteiger partial charge in [-0.15, -0.1) is 0 Å². The molecule has 1 aliphatic heterocycles. The molecule has 1 saturated heterocycles. The van der Waals surface area contributed by atoms with E-state index in [0.717, 1.165) is 6.54 Å². The van der Waals surface area contributed by atoms with Crippen molar-refractivity contribution in [1.82, 2.24) is 10.2 Å². The van der Waals surface area contributed by atoms with Gasteiger partial charge in [-0.2, -0.15) is 0 Å². The first-order valence-corrected chi connectivity index (χ1v) is 6.09. The molecule has 3 nitrogen and oxygen atoms in total. The summed E-state index contributed by atoms with van der Waals surface area (Å²) >= 11 is 0. The van der Waals surface area contributed by atoms with E-state index in [1.54, 1.807) is 0 Å². The van der Waals surface area contributed by atoms with Crippen molar-refractivity contribution in [3.05, 3.63) is 0 Å². The van der Waals surface area contributed by atoms with Crippen LogP contribution >= 0.6 is 0 Å². The van der Waals surface area contributed by atoms with Gasteiger partial charge in [-0.05, 0) is 33.2 Å². The first-order chi connectivity index (χ1) is 6.97. The lowest BCUT2D eigenvalue weighted by atomic mass is 10.0. The predicted molar refractivity (Wildman–Crippen MR) is 64.0 cm³/mol. The molecule has 0 saturated carbocycles. The number of hydrogen-bond acceptors (Lipinski definition) is 3. The third-order valence-corrected chi connectivity index (χ3v) is 3.23. The van der Waals surface area contributed by atoms with Crippen LogP contribution in [0.2, 0.25) is 0 Å². The van der Waals surface area contributed by atoms with Gasteiger partial charge in [0.1, 0.15) is 0 Å². The lowest BCUT2D eigenvalue weighted by Crippen LogP contribution is -2.56. The molecule has 0 aromatic rings. The predicted octanol–water partition coefficient (Wildman–Crippen LogP) is 1.22. The Morgan fingerprint density at radius 2 is 2.20 bits per heavy atom. The van der Waals surface area contributed by atoms with Crippen molar-refractivity contribution in [2.45, 2.75) is 58.2 Å². The molecule has 15 heavy (non-hydrogen) atoms. The van der Waals surface area contributed by atoms with Crippen LogP contribution in [0.1, 0.15) is 40.5 Å². The van der Waals surface area contributed by atoms with E-state index in [1.807, 2.05) is 0 Å². The van der Waals surface area contributed by atoms with Crippen LogP contribution in [0.25, 0.3) is 0 Å². The first-order valence-electron chi connectivity index (χ1n) is 6.09. The number of hydrogen-bond donors (Lipinski definition) is 2. The minimum absolute atomic E-state index is 0.160. The highest BCUT2D eigenvalue weighted by molar-refractivity contribution is 4.90. The average molecular weight is 214 g/mol. The first kappa shape index (κ1) is 12.9. The van der Waals surface area contributed by atoms with E-state index < -0.39 is 0 Å². The molecule has 0 aromatic carbocycles. The summed E-state index contributed by atoms with van der Waals surface area (Å²) in [7, 11) is 0. The highest BCUT2D eigenvalue weighted by atomic mass is 16.3. The van der Waals surface area contributed by atoms with Gasteiger partial charge in [0.25, 0.3) is 0 Å². The lowest BCUT2D eigenvalue weighted by Gasteiger charge is -2.36. The number of rotatable bonds is 5. The Morgan fingerprint density at radius 3 is 2.60 bits per heavy atom. The molecule has 0 amide bonds. The topological polar surface area (TPSA) is 35.5 Å². The minimum Gasteiger partial charge on any atom is -0.394 e. The number of nitrogens with zero attached hydrogens (tertiary/aromatic N) is 1. The van der Waals surface area contributed by atoms with Crippen LogP contribution in [0.15, 0.2) is 0 Å². The van der Waals surface area contributed by atoms with E-state index in [2.05, 4.69) is 37.9 Å². The van der Waals surface area contributed by atoms with Gasteiger partial charge in [-0.25, -0.2) is 0 Å². The Labute approximate surface area is 93.9 Å². The fourth-order valence-corrected chi connectivity index (χ4v) is 2.51. The van der Waals surface area contributed by atoms with Gasteiger partial charge in [0.15, 0.2) is 0 Å². The second-order valence-corrected chi connectivity index (χ2v) is 5.48. The van der Waals surface area contributed by atoms with E-state index in [1.165, 1.54) is 19.4 Å². The minimum atomic E-state index is -0.160. The molecule has 2 N–H and O–H groups in total. The molecule has 1 fully saturated rings. The monoisotopic (exact) mass is 214 g/mol. The van der Waals surface area contributed by atoms with Crippen molar-refractivity contribution in [3.8, 4) is 0 Å². The van der Waals surface area contributed by atoms with Gasteiger partial charge in [-0.1, -0.05) is 13.8 Å². The molecule has 2 atom stereocenters. The van der Waals surface area contributed by atoms with E-state index in [9.17, 15) is 5.11 Å². The standard InChI is InChI=1S/C12H26N2O/c1-10(2)13-12(4,9-15)8-14-7-5-6-11(14)3/h10-11,13,15H,5-9H2,1-4H3. The van der Waals surface area contributed by atoms with Gasteiger partial charge in [0, 0.05) is 18.6 Å². The summed E-state index contributed by atoms with van der Waals surface area (Å²) in [5.41, 5.74) is -0.160. The summed E-state index contributed by atoms with van der Waals surface area (Å²) in [4.78, 5) is 2.48. The van der Waals surface area contributed by atoms with E-state index in [0.29, 0.717) is 12.1 Å². The normalized spacial score (nSPS) is 27.2. The molecular formula is C12H26N2O. The molecular weight excluding hydrogens is 188 g/mol. The highest BCUT2D eigenvalue weighted by Gasteiger charge is 2.30. The quantitative estimate of drug-likeness (QED) is 0.722. The molecule has 1 rings (SSSR count). The number of likely N-dealkylation sites (tertiary alicyclic amines) is 1. The van der Waals surface area contributed by atoms with Crippen LogP contribution in [0.5, 0.6) is 0 Å². The lowest BCUT2D eigenvalue weighted by molar-refractivity contribution is 0.110. The van der Waals surface area contributed by atoms with Crippen LogP contribution < -0.4 is 5.32 Å². The Bertz CT molecular complexity index is 196. The summed E-state index contributed by atoms with van der Waals surface area (Å²) in [5, 5.41) is 13.0. The Morgan fingerprint density at radius 1 is 1.53 bits per heavy atom. The molecule has 3 heteroatoms. The zero-order chi connectivity index (χ0) is 11.5. The third-order valence-electron chi connectivity index (χ3n) is 3.23. The Hall–Kier alpha value is -0.120. The van der Waals surface area contributed by atoms with Crippen molar-refractivity contribution in [3.63, 3.8) is 0 Å². The molecule has 0 bridgehead atoms. The summed E-state index contributed by atoms with van der Waals surface area (Å²) < 4.78 is 0. The SMILES string of the molecule is CC(C)NC(C)(CO)CN1CCCC1C. The summed E-state index contributed by atoms with van der Waals surface area (Å²) in [6.45, 7) is 11.0. The summed E-state index contributed by atoms with van der Waals surface area (Å²) in [6.07, 6.45) is 2.59. The van der Waals surface area contributed by atoms with Crippen LogP contribution in [0, 0.1) is 0 Å². The molecule has 1 aliphatic rings. The van der Waals surface area contributed by atoms with Crippen LogP contribution in [-0.2, 0) is 0 Å². The van der Waals surface area contributed by atoms with Crippen molar-refractivity contribution in [2.75, 3.05) is 19.7 Å².